The molecule has 26 heavy (non-hydrogen) atoms. The molecule has 1 amide bonds. The van der Waals surface area contributed by atoms with Crippen molar-refractivity contribution in [2.45, 2.75) is 13.8 Å². The Kier molecular flexibility index (Phi) is 4.18. The van der Waals surface area contributed by atoms with Crippen LogP contribution in [0.2, 0.25) is 5.02 Å². The molecule has 0 fully saturated rings. The molecular weight excluding hydrogens is 370 g/mol. The van der Waals surface area contributed by atoms with Crippen LogP contribution < -0.4 is 5.32 Å². The second-order valence-electron chi connectivity index (χ2n) is 5.84. The van der Waals surface area contributed by atoms with Gasteiger partial charge >= 0.3 is 0 Å². The summed E-state index contributed by atoms with van der Waals surface area (Å²) in [4.78, 5) is 13.1. The number of halogens is 1. The maximum absolute atomic E-state index is 12.4. The van der Waals surface area contributed by atoms with Gasteiger partial charge in [-0.2, -0.15) is 9.61 Å². The maximum Gasteiger partial charge on any atom is 0.255 e. The summed E-state index contributed by atoms with van der Waals surface area (Å²) < 4.78 is 1.73. The number of nitrogens with one attached hydrogen (secondary N) is 1. The zero-order chi connectivity index (χ0) is 18.3. The number of nitrogens with zero attached hydrogens (tertiary/aromatic N) is 4. The molecule has 0 saturated carbocycles. The maximum atomic E-state index is 12.4. The van der Waals surface area contributed by atoms with E-state index in [0.717, 1.165) is 32.6 Å². The first-order valence-electron chi connectivity index (χ1n) is 7.88. The third-order valence-electron chi connectivity index (χ3n) is 3.97. The number of carbonyl (C=O) groups excluding carboxylic acids is 1. The van der Waals surface area contributed by atoms with Gasteiger partial charge in [-0.3, -0.25) is 4.79 Å². The highest BCUT2D eigenvalue weighted by Crippen LogP contribution is 2.28. The molecule has 0 aliphatic rings. The lowest BCUT2D eigenvalue weighted by Gasteiger charge is -2.09. The van der Waals surface area contributed by atoms with Crippen LogP contribution in [0.3, 0.4) is 0 Å². The fourth-order valence-electron chi connectivity index (χ4n) is 2.56. The van der Waals surface area contributed by atoms with Gasteiger partial charge in [0.2, 0.25) is 4.96 Å². The molecule has 4 rings (SSSR count). The van der Waals surface area contributed by atoms with E-state index in [1.54, 1.807) is 28.8 Å². The largest absolute Gasteiger partial charge is 0.322 e. The van der Waals surface area contributed by atoms with Gasteiger partial charge < -0.3 is 5.32 Å². The van der Waals surface area contributed by atoms with E-state index >= 15 is 0 Å². The van der Waals surface area contributed by atoms with Crippen molar-refractivity contribution < 1.29 is 4.79 Å². The monoisotopic (exact) mass is 383 g/mol. The minimum atomic E-state index is -0.174. The van der Waals surface area contributed by atoms with Crippen LogP contribution in [-0.4, -0.2) is 25.7 Å². The Bertz CT molecular complexity index is 1120. The number of amides is 1. The van der Waals surface area contributed by atoms with E-state index in [2.05, 4.69) is 20.6 Å². The molecule has 0 aliphatic heterocycles. The zero-order valence-corrected chi connectivity index (χ0v) is 15.6. The Morgan fingerprint density at radius 1 is 1.12 bits per heavy atom. The van der Waals surface area contributed by atoms with Gasteiger partial charge in [-0.25, -0.2) is 0 Å². The molecule has 0 spiro atoms. The molecule has 1 N–H and O–H groups in total. The van der Waals surface area contributed by atoms with Crippen LogP contribution in [0.25, 0.3) is 15.5 Å². The highest BCUT2D eigenvalue weighted by Gasteiger charge is 2.13. The molecule has 6 nitrogen and oxygen atoms in total. The van der Waals surface area contributed by atoms with E-state index in [1.807, 2.05) is 32.0 Å². The molecule has 2 aromatic carbocycles. The number of aryl methyl sites for hydroxylation is 2. The summed E-state index contributed by atoms with van der Waals surface area (Å²) in [6.07, 6.45) is 0. The highest BCUT2D eigenvalue weighted by atomic mass is 35.5. The van der Waals surface area contributed by atoms with Gasteiger partial charge in [0.05, 0.1) is 0 Å². The summed E-state index contributed by atoms with van der Waals surface area (Å²) in [6, 6.07) is 12.6. The smallest absolute Gasteiger partial charge is 0.255 e. The normalized spacial score (nSPS) is 11.0. The van der Waals surface area contributed by atoms with E-state index in [0.29, 0.717) is 10.6 Å². The Morgan fingerprint density at radius 3 is 2.58 bits per heavy atom. The first kappa shape index (κ1) is 16.7. The predicted octanol–water partition coefficient (Wildman–Crippen LogP) is 4.38. The summed E-state index contributed by atoms with van der Waals surface area (Å²) in [5, 5.41) is 17.0. The van der Waals surface area contributed by atoms with Gasteiger partial charge in [0.25, 0.3) is 5.91 Å². The predicted molar refractivity (Wildman–Crippen MR) is 103 cm³/mol. The Hall–Kier alpha value is -2.77. The molecule has 0 saturated heterocycles. The molecule has 2 aromatic heterocycles. The van der Waals surface area contributed by atoms with Gasteiger partial charge in [0.1, 0.15) is 5.01 Å². The van der Waals surface area contributed by atoms with E-state index in [9.17, 15) is 4.79 Å². The standard InChI is InChI=1S/C18H14ClN5OS/c1-10-9-13(17-23-24-11(2)21-22-18(24)26-17)5-8-15(10)20-16(25)12-3-6-14(19)7-4-12/h3-9H,1-2H3,(H,20,25). The van der Waals surface area contributed by atoms with Crippen molar-refractivity contribution >= 4 is 39.5 Å². The fraction of sp³-hybridized carbons (Fsp3) is 0.111. The van der Waals surface area contributed by atoms with Crippen molar-refractivity contribution in [3.63, 3.8) is 0 Å². The molecule has 0 bridgehead atoms. The van der Waals surface area contributed by atoms with Gasteiger partial charge in [0, 0.05) is 21.8 Å². The van der Waals surface area contributed by atoms with Crippen LogP contribution in [0, 0.1) is 13.8 Å². The van der Waals surface area contributed by atoms with Gasteiger partial charge in [-0.05, 0) is 61.9 Å². The Balaban J connectivity index is 1.59. The number of rotatable bonds is 3. The molecule has 0 radical (unpaired) electrons. The lowest BCUT2D eigenvalue weighted by Crippen LogP contribution is -2.12. The van der Waals surface area contributed by atoms with Crippen molar-refractivity contribution in [2.24, 2.45) is 0 Å². The average Bonchev–Trinajstić information content (AvgIpc) is 3.19. The summed E-state index contributed by atoms with van der Waals surface area (Å²) >= 11 is 7.34. The van der Waals surface area contributed by atoms with E-state index in [4.69, 9.17) is 11.6 Å². The van der Waals surface area contributed by atoms with E-state index in [-0.39, 0.29) is 5.91 Å². The number of benzene rings is 2. The van der Waals surface area contributed by atoms with Crippen LogP contribution in [0.1, 0.15) is 21.7 Å². The van der Waals surface area contributed by atoms with Gasteiger partial charge in [-0.15, -0.1) is 10.2 Å². The van der Waals surface area contributed by atoms with Crippen LogP contribution >= 0.6 is 22.9 Å². The number of carbonyl (C=O) groups is 1. The minimum Gasteiger partial charge on any atom is -0.322 e. The molecule has 0 aliphatic carbocycles. The second-order valence-corrected chi connectivity index (χ2v) is 7.23. The van der Waals surface area contributed by atoms with E-state index < -0.39 is 0 Å². The highest BCUT2D eigenvalue weighted by molar-refractivity contribution is 7.19. The summed E-state index contributed by atoms with van der Waals surface area (Å²) in [6.45, 7) is 3.82. The molecule has 0 unspecified atom stereocenters. The number of fused-ring (bicyclic) bond motifs is 1. The molecule has 8 heteroatoms. The first-order valence-corrected chi connectivity index (χ1v) is 9.07. The van der Waals surface area contributed by atoms with Crippen LogP contribution in [0.5, 0.6) is 0 Å². The lowest BCUT2D eigenvalue weighted by atomic mass is 10.1. The van der Waals surface area contributed by atoms with E-state index in [1.165, 1.54) is 11.3 Å². The Labute approximate surface area is 158 Å². The molecule has 4 aromatic rings. The number of hydrogen-bond acceptors (Lipinski definition) is 5. The minimum absolute atomic E-state index is 0.174. The second kappa shape index (κ2) is 6.51. The number of anilines is 1. The van der Waals surface area contributed by atoms with Crippen molar-refractivity contribution in [3.8, 4) is 10.6 Å². The van der Waals surface area contributed by atoms with Crippen molar-refractivity contribution in [1.82, 2.24) is 19.8 Å². The van der Waals surface area contributed by atoms with Crippen molar-refractivity contribution in [2.75, 3.05) is 5.32 Å². The van der Waals surface area contributed by atoms with Crippen LogP contribution in [0.4, 0.5) is 5.69 Å². The third kappa shape index (κ3) is 3.07. The van der Waals surface area contributed by atoms with Gasteiger partial charge in [-0.1, -0.05) is 22.9 Å². The third-order valence-corrected chi connectivity index (χ3v) is 5.17. The summed E-state index contributed by atoms with van der Waals surface area (Å²) in [5.74, 6) is 0.581. The fourth-order valence-corrected chi connectivity index (χ4v) is 3.57. The van der Waals surface area contributed by atoms with Crippen molar-refractivity contribution in [1.29, 1.82) is 0 Å². The summed E-state index contributed by atoms with van der Waals surface area (Å²) in [5.41, 5.74) is 3.24. The summed E-state index contributed by atoms with van der Waals surface area (Å²) in [7, 11) is 0. The Morgan fingerprint density at radius 2 is 1.88 bits per heavy atom. The first-order chi connectivity index (χ1) is 12.5. The average molecular weight is 384 g/mol. The SMILES string of the molecule is Cc1cc(-c2nn3c(C)nnc3s2)ccc1NC(=O)c1ccc(Cl)cc1. The zero-order valence-electron chi connectivity index (χ0n) is 14.0. The molecular formula is C18H14ClN5OS. The molecule has 2 heterocycles. The molecule has 130 valence electrons. The molecule has 0 atom stereocenters. The lowest BCUT2D eigenvalue weighted by molar-refractivity contribution is 0.102. The quantitative estimate of drug-likeness (QED) is 0.570. The number of hydrogen-bond donors (Lipinski definition) is 1. The van der Waals surface area contributed by atoms with Crippen LogP contribution in [0.15, 0.2) is 42.5 Å². The number of aromatic nitrogens is 4. The topological polar surface area (TPSA) is 72.2 Å². The van der Waals surface area contributed by atoms with Gasteiger partial charge in [0.15, 0.2) is 5.82 Å². The van der Waals surface area contributed by atoms with Crippen molar-refractivity contribution in [3.05, 3.63) is 64.4 Å². The van der Waals surface area contributed by atoms with Crippen LogP contribution in [-0.2, 0) is 0 Å².